The molecule has 0 aliphatic carbocycles. The summed E-state index contributed by atoms with van der Waals surface area (Å²) in [5, 5.41) is 1.71. The second-order valence-corrected chi connectivity index (χ2v) is 11.1. The number of nitrogens with zero attached hydrogens (tertiary/aromatic N) is 2. The molecule has 0 atom stereocenters. The zero-order chi connectivity index (χ0) is 18.9. The second kappa shape index (κ2) is 7.10. The summed E-state index contributed by atoms with van der Waals surface area (Å²) in [6.07, 6.45) is 1.09. The molecule has 0 radical (unpaired) electrons. The van der Waals surface area contributed by atoms with Crippen LogP contribution in [0, 0.1) is 0 Å². The molecule has 0 N–H and O–H groups in total. The Morgan fingerprint density at radius 3 is 2.27 bits per heavy atom. The molecule has 7 nitrogen and oxygen atoms in total. The number of carbonyl (C=O) groups is 1. The summed E-state index contributed by atoms with van der Waals surface area (Å²) in [6.45, 7) is 0.925. The summed E-state index contributed by atoms with van der Waals surface area (Å²) in [4.78, 5) is 14.3. The molecule has 0 unspecified atom stereocenters. The Labute approximate surface area is 156 Å². The lowest BCUT2D eigenvalue weighted by Crippen LogP contribution is -2.50. The topological polar surface area (TPSA) is 91.8 Å². The second-order valence-electron chi connectivity index (χ2n) is 5.93. The third kappa shape index (κ3) is 3.83. The molecule has 3 rings (SSSR count). The maximum Gasteiger partial charge on any atom is 0.253 e. The standard InChI is InChI=1S/C16H18N2O5S3/c1-25(20,21)14-5-2-4-13(12-14)16(19)17-7-9-18(10-8-17)26(22,23)15-6-3-11-24-15/h2-6,11-12H,7-10H2,1H3. The molecule has 1 aromatic carbocycles. The third-order valence-electron chi connectivity index (χ3n) is 4.12. The van der Waals surface area contributed by atoms with Crippen molar-refractivity contribution < 1.29 is 21.6 Å². The van der Waals surface area contributed by atoms with Gasteiger partial charge in [-0.25, -0.2) is 16.8 Å². The molecule has 1 aliphatic rings. The van der Waals surface area contributed by atoms with Gasteiger partial charge in [0.15, 0.2) is 9.84 Å². The van der Waals surface area contributed by atoms with Gasteiger partial charge in [0.05, 0.1) is 4.90 Å². The van der Waals surface area contributed by atoms with Crippen LogP contribution in [0.3, 0.4) is 0 Å². The molecule has 26 heavy (non-hydrogen) atoms. The van der Waals surface area contributed by atoms with E-state index >= 15 is 0 Å². The summed E-state index contributed by atoms with van der Waals surface area (Å²) >= 11 is 1.16. The van der Waals surface area contributed by atoms with Crippen LogP contribution in [-0.4, -0.2) is 64.4 Å². The number of hydrogen-bond acceptors (Lipinski definition) is 6. The molecule has 1 amide bonds. The highest BCUT2D eigenvalue weighted by Gasteiger charge is 2.31. The van der Waals surface area contributed by atoms with Crippen LogP contribution >= 0.6 is 11.3 Å². The molecule has 140 valence electrons. The first kappa shape index (κ1) is 19.0. The molecule has 1 aliphatic heterocycles. The van der Waals surface area contributed by atoms with Gasteiger partial charge in [0, 0.05) is 38.0 Å². The molecular weight excluding hydrogens is 396 g/mol. The molecule has 1 aromatic heterocycles. The Bertz CT molecular complexity index is 1010. The maximum absolute atomic E-state index is 12.6. The lowest BCUT2D eigenvalue weighted by atomic mass is 10.2. The number of rotatable bonds is 4. The van der Waals surface area contributed by atoms with E-state index in [0.717, 1.165) is 17.6 Å². The van der Waals surface area contributed by atoms with Gasteiger partial charge in [-0.05, 0) is 29.6 Å². The minimum absolute atomic E-state index is 0.0854. The number of carbonyl (C=O) groups excluding carboxylic acids is 1. The fourth-order valence-corrected chi connectivity index (χ4v) is 5.94. The monoisotopic (exact) mass is 414 g/mol. The molecule has 1 fully saturated rings. The van der Waals surface area contributed by atoms with Gasteiger partial charge >= 0.3 is 0 Å². The first-order chi connectivity index (χ1) is 12.2. The Morgan fingerprint density at radius 1 is 1.00 bits per heavy atom. The lowest BCUT2D eigenvalue weighted by Gasteiger charge is -2.33. The van der Waals surface area contributed by atoms with E-state index < -0.39 is 19.9 Å². The Morgan fingerprint density at radius 2 is 1.69 bits per heavy atom. The van der Waals surface area contributed by atoms with Gasteiger partial charge in [0.25, 0.3) is 15.9 Å². The molecule has 2 heterocycles. The third-order valence-corrected chi connectivity index (χ3v) is 8.51. The lowest BCUT2D eigenvalue weighted by molar-refractivity contribution is 0.0697. The Balaban J connectivity index is 1.72. The van der Waals surface area contributed by atoms with Crippen molar-refractivity contribution in [1.82, 2.24) is 9.21 Å². The van der Waals surface area contributed by atoms with Gasteiger partial charge in [-0.1, -0.05) is 12.1 Å². The van der Waals surface area contributed by atoms with Crippen LogP contribution in [0.15, 0.2) is 50.9 Å². The molecule has 0 saturated carbocycles. The number of piperazine rings is 1. The fourth-order valence-electron chi connectivity index (χ4n) is 2.71. The van der Waals surface area contributed by atoms with E-state index in [1.807, 2.05) is 0 Å². The van der Waals surface area contributed by atoms with Crippen LogP contribution in [0.25, 0.3) is 0 Å². The van der Waals surface area contributed by atoms with Crippen LogP contribution in [0.1, 0.15) is 10.4 Å². The summed E-state index contributed by atoms with van der Waals surface area (Å²) in [5.74, 6) is -0.302. The van der Waals surface area contributed by atoms with Crippen LogP contribution in [0.2, 0.25) is 0 Å². The normalized spacial score (nSPS) is 16.6. The highest BCUT2D eigenvalue weighted by Crippen LogP contribution is 2.22. The summed E-state index contributed by atoms with van der Waals surface area (Å²) in [6, 6.07) is 9.14. The van der Waals surface area contributed by atoms with Gasteiger partial charge in [0.2, 0.25) is 0 Å². The summed E-state index contributed by atoms with van der Waals surface area (Å²) in [7, 11) is -6.92. The first-order valence-electron chi connectivity index (χ1n) is 7.82. The number of amides is 1. The summed E-state index contributed by atoms with van der Waals surface area (Å²) in [5.41, 5.74) is 0.280. The molecule has 2 aromatic rings. The molecule has 0 bridgehead atoms. The Kier molecular flexibility index (Phi) is 5.20. The number of sulfone groups is 1. The van der Waals surface area contributed by atoms with Crippen molar-refractivity contribution in [3.63, 3.8) is 0 Å². The number of hydrogen-bond donors (Lipinski definition) is 0. The van der Waals surface area contributed by atoms with E-state index in [0.29, 0.717) is 0 Å². The molecule has 10 heteroatoms. The maximum atomic E-state index is 12.6. The van der Waals surface area contributed by atoms with E-state index in [2.05, 4.69) is 0 Å². The van der Waals surface area contributed by atoms with E-state index in [9.17, 15) is 21.6 Å². The van der Waals surface area contributed by atoms with Crippen LogP contribution in [0.5, 0.6) is 0 Å². The molecular formula is C16H18N2O5S3. The fraction of sp³-hybridized carbons (Fsp3) is 0.312. The smallest absolute Gasteiger partial charge is 0.253 e. The largest absolute Gasteiger partial charge is 0.336 e. The number of sulfonamides is 1. The molecule has 0 spiro atoms. The predicted octanol–water partition coefficient (Wildman–Crippen LogP) is 1.30. The van der Waals surface area contributed by atoms with Crippen molar-refractivity contribution in [2.45, 2.75) is 9.10 Å². The minimum atomic E-state index is -3.52. The Hall–Kier alpha value is -1.75. The van der Waals surface area contributed by atoms with Crippen molar-refractivity contribution in [3.05, 3.63) is 47.3 Å². The van der Waals surface area contributed by atoms with E-state index in [-0.39, 0.29) is 46.8 Å². The first-order valence-corrected chi connectivity index (χ1v) is 12.0. The SMILES string of the molecule is CS(=O)(=O)c1cccc(C(=O)N2CCN(S(=O)(=O)c3cccs3)CC2)c1. The van der Waals surface area contributed by atoms with Crippen molar-refractivity contribution in [3.8, 4) is 0 Å². The van der Waals surface area contributed by atoms with Crippen molar-refractivity contribution >= 4 is 37.1 Å². The average molecular weight is 415 g/mol. The molecule has 1 saturated heterocycles. The van der Waals surface area contributed by atoms with Gasteiger partial charge in [0.1, 0.15) is 4.21 Å². The highest BCUT2D eigenvalue weighted by molar-refractivity contribution is 7.91. The quantitative estimate of drug-likeness (QED) is 0.752. The van der Waals surface area contributed by atoms with Gasteiger partial charge in [-0.15, -0.1) is 11.3 Å². The van der Waals surface area contributed by atoms with Gasteiger partial charge in [-0.2, -0.15) is 4.31 Å². The summed E-state index contributed by atoms with van der Waals surface area (Å²) < 4.78 is 50.0. The van der Waals surface area contributed by atoms with Crippen LogP contribution in [0.4, 0.5) is 0 Å². The van der Waals surface area contributed by atoms with Crippen LogP contribution < -0.4 is 0 Å². The zero-order valence-corrected chi connectivity index (χ0v) is 16.5. The van der Waals surface area contributed by atoms with Crippen LogP contribution in [-0.2, 0) is 19.9 Å². The van der Waals surface area contributed by atoms with Crippen molar-refractivity contribution in [1.29, 1.82) is 0 Å². The highest BCUT2D eigenvalue weighted by atomic mass is 32.2. The van der Waals surface area contributed by atoms with Gasteiger partial charge < -0.3 is 4.90 Å². The van der Waals surface area contributed by atoms with E-state index in [1.165, 1.54) is 22.5 Å². The van der Waals surface area contributed by atoms with E-state index in [1.54, 1.807) is 28.5 Å². The van der Waals surface area contributed by atoms with Gasteiger partial charge in [-0.3, -0.25) is 4.79 Å². The minimum Gasteiger partial charge on any atom is -0.336 e. The average Bonchev–Trinajstić information content (AvgIpc) is 3.16. The van der Waals surface area contributed by atoms with Crippen molar-refractivity contribution in [2.24, 2.45) is 0 Å². The van der Waals surface area contributed by atoms with Crippen molar-refractivity contribution in [2.75, 3.05) is 32.4 Å². The number of thiophene rings is 1. The van der Waals surface area contributed by atoms with E-state index in [4.69, 9.17) is 0 Å². The number of benzene rings is 1. The predicted molar refractivity (Wildman–Crippen MR) is 98.5 cm³/mol. The zero-order valence-electron chi connectivity index (χ0n) is 14.0.